The van der Waals surface area contributed by atoms with Crippen LogP contribution in [0.1, 0.15) is 96.8 Å². The Labute approximate surface area is 150 Å². The molecule has 0 aromatic heterocycles. The van der Waals surface area contributed by atoms with E-state index in [2.05, 4.69) is 12.2 Å². The summed E-state index contributed by atoms with van der Waals surface area (Å²) in [6, 6.07) is 0. The van der Waals surface area contributed by atoms with Crippen molar-refractivity contribution in [1.29, 1.82) is 0 Å². The van der Waals surface area contributed by atoms with E-state index in [1.165, 1.54) is 83.5 Å². The number of aliphatic hydroxyl groups excluding tert-OH is 3. The first kappa shape index (κ1) is 23.8. The Hall–Kier alpha value is -0.160. The van der Waals surface area contributed by atoms with Crippen LogP contribution in [-0.4, -0.2) is 47.2 Å². The molecule has 0 rings (SSSR count). The summed E-state index contributed by atoms with van der Waals surface area (Å²) in [5.74, 6) is 0. The molecule has 4 heteroatoms. The van der Waals surface area contributed by atoms with Crippen LogP contribution in [0.2, 0.25) is 0 Å². The van der Waals surface area contributed by atoms with Gasteiger partial charge in [-0.2, -0.15) is 0 Å². The van der Waals surface area contributed by atoms with Crippen LogP contribution in [0.25, 0.3) is 0 Å². The SMILES string of the molecule is CCCCCCCCCCCCCCCCNC(CO)(CO)CO. The van der Waals surface area contributed by atoms with Crippen molar-refractivity contribution in [3.63, 3.8) is 0 Å². The molecule has 0 amide bonds. The number of aliphatic hydroxyl groups is 3. The monoisotopic (exact) mass is 345 g/mol. The Morgan fingerprint density at radius 1 is 0.542 bits per heavy atom. The number of rotatable bonds is 19. The van der Waals surface area contributed by atoms with E-state index in [0.717, 1.165) is 13.0 Å². The summed E-state index contributed by atoms with van der Waals surface area (Å²) in [7, 11) is 0. The van der Waals surface area contributed by atoms with Crippen LogP contribution in [0.3, 0.4) is 0 Å². The Morgan fingerprint density at radius 3 is 1.21 bits per heavy atom. The molecule has 146 valence electrons. The standard InChI is InChI=1S/C20H43NO3/c1-2-3-4-5-6-7-8-9-10-11-12-13-14-15-16-21-20(17-22,18-23)19-24/h21-24H,2-19H2,1H3. The first-order valence-electron chi connectivity index (χ1n) is 10.3. The van der Waals surface area contributed by atoms with Gasteiger partial charge in [-0.05, 0) is 13.0 Å². The molecule has 0 spiro atoms. The van der Waals surface area contributed by atoms with E-state index in [4.69, 9.17) is 0 Å². The van der Waals surface area contributed by atoms with Gasteiger partial charge in [-0.3, -0.25) is 0 Å². The minimum Gasteiger partial charge on any atom is -0.394 e. The third-order valence-electron chi connectivity index (χ3n) is 4.94. The number of unbranched alkanes of at least 4 members (excludes halogenated alkanes) is 13. The zero-order chi connectivity index (χ0) is 17.9. The van der Waals surface area contributed by atoms with Gasteiger partial charge in [0.2, 0.25) is 0 Å². The average molecular weight is 346 g/mol. The first-order chi connectivity index (χ1) is 11.7. The molecule has 0 bridgehead atoms. The third kappa shape index (κ3) is 13.2. The fourth-order valence-corrected chi connectivity index (χ4v) is 2.99. The zero-order valence-corrected chi connectivity index (χ0v) is 16.1. The third-order valence-corrected chi connectivity index (χ3v) is 4.94. The van der Waals surface area contributed by atoms with Gasteiger partial charge in [-0.25, -0.2) is 0 Å². The lowest BCUT2D eigenvalue weighted by Crippen LogP contribution is -2.55. The number of hydrogen-bond acceptors (Lipinski definition) is 4. The summed E-state index contributed by atoms with van der Waals surface area (Å²) < 4.78 is 0. The average Bonchev–Trinajstić information content (AvgIpc) is 2.62. The minimum absolute atomic E-state index is 0.237. The molecule has 0 aliphatic heterocycles. The molecule has 0 atom stereocenters. The molecule has 0 aliphatic carbocycles. The summed E-state index contributed by atoms with van der Waals surface area (Å²) in [4.78, 5) is 0. The molecule has 4 N–H and O–H groups in total. The Morgan fingerprint density at radius 2 is 0.875 bits per heavy atom. The highest BCUT2D eigenvalue weighted by molar-refractivity contribution is 4.85. The molecule has 0 saturated heterocycles. The molecular formula is C20H43NO3. The second-order valence-electron chi connectivity index (χ2n) is 7.28. The highest BCUT2D eigenvalue weighted by Gasteiger charge is 2.26. The van der Waals surface area contributed by atoms with Crippen molar-refractivity contribution in [1.82, 2.24) is 5.32 Å². The van der Waals surface area contributed by atoms with Gasteiger partial charge in [0.1, 0.15) is 0 Å². The second-order valence-corrected chi connectivity index (χ2v) is 7.28. The van der Waals surface area contributed by atoms with Crippen LogP contribution >= 0.6 is 0 Å². The lowest BCUT2D eigenvalue weighted by molar-refractivity contribution is 0.0425. The molecule has 0 aromatic carbocycles. The lowest BCUT2D eigenvalue weighted by Gasteiger charge is -2.28. The van der Waals surface area contributed by atoms with E-state index in [9.17, 15) is 15.3 Å². The Bertz CT molecular complexity index is 237. The highest BCUT2D eigenvalue weighted by atomic mass is 16.3. The van der Waals surface area contributed by atoms with E-state index >= 15 is 0 Å². The van der Waals surface area contributed by atoms with Crippen molar-refractivity contribution in [2.24, 2.45) is 0 Å². The molecule has 24 heavy (non-hydrogen) atoms. The number of nitrogens with one attached hydrogen (secondary N) is 1. The molecule has 0 fully saturated rings. The fourth-order valence-electron chi connectivity index (χ4n) is 2.99. The van der Waals surface area contributed by atoms with Crippen molar-refractivity contribution < 1.29 is 15.3 Å². The van der Waals surface area contributed by atoms with E-state index < -0.39 is 5.54 Å². The second kappa shape index (κ2) is 17.7. The fraction of sp³-hybridized carbons (Fsp3) is 1.00. The van der Waals surface area contributed by atoms with E-state index in [1.807, 2.05) is 0 Å². The highest BCUT2D eigenvalue weighted by Crippen LogP contribution is 2.13. The van der Waals surface area contributed by atoms with Crippen LogP contribution in [0, 0.1) is 0 Å². The van der Waals surface area contributed by atoms with E-state index in [0.29, 0.717) is 0 Å². The van der Waals surface area contributed by atoms with Gasteiger partial charge in [0.25, 0.3) is 0 Å². The Balaban J connectivity index is 3.23. The molecule has 0 unspecified atom stereocenters. The largest absolute Gasteiger partial charge is 0.394 e. The Kier molecular flexibility index (Phi) is 17.5. The van der Waals surface area contributed by atoms with Gasteiger partial charge in [0, 0.05) is 0 Å². The van der Waals surface area contributed by atoms with Crippen molar-refractivity contribution in [3.05, 3.63) is 0 Å². The maximum absolute atomic E-state index is 9.21. The molecule has 0 heterocycles. The molecule has 0 aromatic rings. The van der Waals surface area contributed by atoms with Crippen LogP contribution in [-0.2, 0) is 0 Å². The van der Waals surface area contributed by atoms with Crippen LogP contribution in [0.4, 0.5) is 0 Å². The van der Waals surface area contributed by atoms with Crippen molar-refractivity contribution in [2.75, 3.05) is 26.4 Å². The van der Waals surface area contributed by atoms with Gasteiger partial charge in [0.15, 0.2) is 0 Å². The van der Waals surface area contributed by atoms with Crippen molar-refractivity contribution in [3.8, 4) is 0 Å². The maximum atomic E-state index is 9.21. The van der Waals surface area contributed by atoms with Gasteiger partial charge in [-0.1, -0.05) is 90.4 Å². The maximum Gasteiger partial charge on any atom is 0.0881 e. The normalized spacial score (nSPS) is 12.0. The molecule has 4 nitrogen and oxygen atoms in total. The molecular weight excluding hydrogens is 302 g/mol. The molecule has 0 radical (unpaired) electrons. The van der Waals surface area contributed by atoms with E-state index in [-0.39, 0.29) is 19.8 Å². The van der Waals surface area contributed by atoms with Gasteiger partial charge >= 0.3 is 0 Å². The van der Waals surface area contributed by atoms with Crippen LogP contribution < -0.4 is 5.32 Å². The quantitative estimate of drug-likeness (QED) is 0.269. The zero-order valence-electron chi connectivity index (χ0n) is 16.1. The summed E-state index contributed by atoms with van der Waals surface area (Å²) in [6.07, 6.45) is 18.7. The molecule has 0 saturated carbocycles. The minimum atomic E-state index is -0.920. The van der Waals surface area contributed by atoms with Gasteiger partial charge in [-0.15, -0.1) is 0 Å². The summed E-state index contributed by atoms with van der Waals surface area (Å²) >= 11 is 0. The van der Waals surface area contributed by atoms with Crippen molar-refractivity contribution >= 4 is 0 Å². The predicted octanol–water partition coefficient (Wildman–Crippen LogP) is 3.77. The van der Waals surface area contributed by atoms with Crippen molar-refractivity contribution in [2.45, 2.75) is 102 Å². The summed E-state index contributed by atoms with van der Waals surface area (Å²) in [5.41, 5.74) is -0.920. The first-order valence-corrected chi connectivity index (χ1v) is 10.3. The number of hydrogen-bond donors (Lipinski definition) is 4. The predicted molar refractivity (Wildman–Crippen MR) is 102 cm³/mol. The van der Waals surface area contributed by atoms with Crippen LogP contribution in [0.5, 0.6) is 0 Å². The van der Waals surface area contributed by atoms with E-state index in [1.54, 1.807) is 0 Å². The van der Waals surface area contributed by atoms with Gasteiger partial charge in [0.05, 0.1) is 25.4 Å². The summed E-state index contributed by atoms with van der Waals surface area (Å²) in [6.45, 7) is 2.29. The van der Waals surface area contributed by atoms with Gasteiger partial charge < -0.3 is 20.6 Å². The molecule has 0 aliphatic rings. The van der Waals surface area contributed by atoms with Crippen LogP contribution in [0.15, 0.2) is 0 Å². The topological polar surface area (TPSA) is 72.7 Å². The summed E-state index contributed by atoms with van der Waals surface area (Å²) in [5, 5.41) is 30.7. The smallest absolute Gasteiger partial charge is 0.0881 e. The lowest BCUT2D eigenvalue weighted by atomic mass is 10.0.